The van der Waals surface area contributed by atoms with E-state index < -0.39 is 10.0 Å². The largest absolute Gasteiger partial charge is 0.378 e. The van der Waals surface area contributed by atoms with Crippen LogP contribution in [0.5, 0.6) is 0 Å². The molecule has 1 saturated heterocycles. The van der Waals surface area contributed by atoms with Crippen LogP contribution in [0.2, 0.25) is 0 Å². The van der Waals surface area contributed by atoms with Crippen LogP contribution in [0.15, 0.2) is 59.5 Å². The van der Waals surface area contributed by atoms with Crippen molar-refractivity contribution >= 4 is 21.5 Å². The van der Waals surface area contributed by atoms with E-state index in [2.05, 4.69) is 5.32 Å². The number of carbonyl (C=O) groups excluding carboxylic acids is 1. The van der Waals surface area contributed by atoms with Crippen LogP contribution in [-0.4, -0.2) is 38.1 Å². The lowest BCUT2D eigenvalue weighted by molar-refractivity contribution is 0.101. The van der Waals surface area contributed by atoms with Gasteiger partial charge >= 0.3 is 0 Å². The summed E-state index contributed by atoms with van der Waals surface area (Å²) < 4.78 is 26.7. The second kappa shape index (κ2) is 7.80. The zero-order valence-electron chi connectivity index (χ0n) is 14.0. The summed E-state index contributed by atoms with van der Waals surface area (Å²) in [6, 6.07) is 15.7. The van der Waals surface area contributed by atoms with E-state index in [0.29, 0.717) is 18.7 Å². The lowest BCUT2D eigenvalue weighted by Crippen LogP contribution is -2.35. The highest BCUT2D eigenvalue weighted by Gasteiger charge is 2.25. The number of Topliss-reactive ketones (excluding diaryl/α,β-unsaturated/α-hetero) is 1. The fraction of sp³-hybridized carbons (Fsp3) is 0.316. The summed E-state index contributed by atoms with van der Waals surface area (Å²) in [5.74, 6) is -0.0780. The molecule has 25 heavy (non-hydrogen) atoms. The Morgan fingerprint density at radius 2 is 1.56 bits per heavy atom. The first-order valence-corrected chi connectivity index (χ1v) is 9.94. The SMILES string of the molecule is O=C(CNc1ccccc1)c1ccc(S(=O)(=O)N2CCCCC2)cc1. The Labute approximate surface area is 148 Å². The number of nitrogens with one attached hydrogen (secondary N) is 1. The smallest absolute Gasteiger partial charge is 0.243 e. The number of hydrogen-bond acceptors (Lipinski definition) is 4. The molecule has 1 fully saturated rings. The van der Waals surface area contributed by atoms with Crippen LogP contribution >= 0.6 is 0 Å². The molecule has 2 aromatic carbocycles. The topological polar surface area (TPSA) is 66.5 Å². The molecule has 0 amide bonds. The normalized spacial score (nSPS) is 15.7. The molecule has 0 spiro atoms. The van der Waals surface area contributed by atoms with Crippen LogP contribution in [0.1, 0.15) is 29.6 Å². The molecule has 2 aromatic rings. The quantitative estimate of drug-likeness (QED) is 0.806. The zero-order chi connectivity index (χ0) is 17.7. The van der Waals surface area contributed by atoms with Crippen LogP contribution in [0, 0.1) is 0 Å². The maximum Gasteiger partial charge on any atom is 0.243 e. The highest BCUT2D eigenvalue weighted by molar-refractivity contribution is 7.89. The van der Waals surface area contributed by atoms with E-state index in [1.165, 1.54) is 16.4 Å². The molecule has 0 atom stereocenters. The summed E-state index contributed by atoms with van der Waals surface area (Å²) in [4.78, 5) is 12.5. The molecule has 0 unspecified atom stereocenters. The van der Waals surface area contributed by atoms with Gasteiger partial charge in [-0.1, -0.05) is 24.6 Å². The Bertz CT molecular complexity index is 812. The fourth-order valence-corrected chi connectivity index (χ4v) is 4.42. The maximum absolute atomic E-state index is 12.6. The molecule has 0 aromatic heterocycles. The van der Waals surface area contributed by atoms with Crippen molar-refractivity contribution in [2.45, 2.75) is 24.2 Å². The first-order valence-electron chi connectivity index (χ1n) is 8.50. The van der Waals surface area contributed by atoms with E-state index in [0.717, 1.165) is 24.9 Å². The minimum absolute atomic E-state index is 0.0780. The second-order valence-electron chi connectivity index (χ2n) is 6.13. The molecule has 1 aliphatic heterocycles. The number of anilines is 1. The lowest BCUT2D eigenvalue weighted by Gasteiger charge is -2.25. The van der Waals surface area contributed by atoms with Crippen LogP contribution in [0.25, 0.3) is 0 Å². The van der Waals surface area contributed by atoms with Crippen LogP contribution in [0.4, 0.5) is 5.69 Å². The third-order valence-electron chi connectivity index (χ3n) is 4.36. The van der Waals surface area contributed by atoms with Gasteiger partial charge in [0.05, 0.1) is 11.4 Å². The molecular weight excluding hydrogens is 336 g/mol. The first-order chi connectivity index (χ1) is 12.1. The highest BCUT2D eigenvalue weighted by atomic mass is 32.2. The van der Waals surface area contributed by atoms with Gasteiger partial charge in [0.25, 0.3) is 0 Å². The molecule has 1 heterocycles. The van der Waals surface area contributed by atoms with Gasteiger partial charge in [-0.05, 0) is 49.2 Å². The standard InChI is InChI=1S/C19H22N2O3S/c22-19(15-20-17-7-3-1-4-8-17)16-9-11-18(12-10-16)25(23,24)21-13-5-2-6-14-21/h1,3-4,7-12,20H,2,5-6,13-15H2. The molecule has 6 heteroatoms. The molecule has 0 radical (unpaired) electrons. The first kappa shape index (κ1) is 17.6. The number of rotatable bonds is 6. The Kier molecular flexibility index (Phi) is 5.50. The van der Waals surface area contributed by atoms with Gasteiger partial charge in [0.2, 0.25) is 10.0 Å². The number of benzene rings is 2. The Hall–Kier alpha value is -2.18. The highest BCUT2D eigenvalue weighted by Crippen LogP contribution is 2.21. The number of sulfonamides is 1. The van der Waals surface area contributed by atoms with Crippen LogP contribution in [0.3, 0.4) is 0 Å². The predicted molar refractivity (Wildman–Crippen MR) is 98.3 cm³/mol. The number of hydrogen-bond donors (Lipinski definition) is 1. The maximum atomic E-state index is 12.6. The third-order valence-corrected chi connectivity index (χ3v) is 6.27. The van der Waals surface area contributed by atoms with Gasteiger partial charge in [-0.2, -0.15) is 4.31 Å². The molecule has 0 saturated carbocycles. The molecule has 0 aliphatic carbocycles. The Balaban J connectivity index is 1.66. The van der Waals surface area contributed by atoms with E-state index in [1.54, 1.807) is 12.1 Å². The van der Waals surface area contributed by atoms with Gasteiger partial charge in [0.15, 0.2) is 5.78 Å². The number of para-hydroxylation sites is 1. The van der Waals surface area contributed by atoms with Crippen molar-refractivity contribution < 1.29 is 13.2 Å². The molecule has 1 aliphatic rings. The van der Waals surface area contributed by atoms with E-state index in [1.807, 2.05) is 30.3 Å². The van der Waals surface area contributed by atoms with Crippen LogP contribution < -0.4 is 5.32 Å². The Morgan fingerprint density at radius 1 is 0.920 bits per heavy atom. The summed E-state index contributed by atoms with van der Waals surface area (Å²) in [5, 5.41) is 3.06. The van der Waals surface area contributed by atoms with Crippen molar-refractivity contribution in [1.82, 2.24) is 4.31 Å². The van der Waals surface area contributed by atoms with Gasteiger partial charge < -0.3 is 5.32 Å². The van der Waals surface area contributed by atoms with E-state index in [4.69, 9.17) is 0 Å². The van der Waals surface area contributed by atoms with Crippen molar-refractivity contribution in [3.8, 4) is 0 Å². The van der Waals surface area contributed by atoms with Crippen molar-refractivity contribution in [1.29, 1.82) is 0 Å². The number of ketones is 1. The average molecular weight is 358 g/mol. The molecular formula is C19H22N2O3S. The zero-order valence-corrected chi connectivity index (χ0v) is 14.8. The third kappa shape index (κ3) is 4.27. The number of carbonyl (C=O) groups is 1. The van der Waals surface area contributed by atoms with Crippen molar-refractivity contribution in [2.75, 3.05) is 25.0 Å². The molecule has 1 N–H and O–H groups in total. The predicted octanol–water partition coefficient (Wildman–Crippen LogP) is 3.16. The van der Waals surface area contributed by atoms with Gasteiger partial charge in [-0.25, -0.2) is 8.42 Å². The summed E-state index contributed by atoms with van der Waals surface area (Å²) >= 11 is 0. The van der Waals surface area contributed by atoms with Gasteiger partial charge in [-0.3, -0.25) is 4.79 Å². The summed E-state index contributed by atoms with van der Waals surface area (Å²) in [7, 11) is -3.45. The summed E-state index contributed by atoms with van der Waals surface area (Å²) in [6.45, 7) is 1.32. The number of nitrogens with zero attached hydrogens (tertiary/aromatic N) is 1. The summed E-state index contributed by atoms with van der Waals surface area (Å²) in [6.07, 6.45) is 2.88. The van der Waals surface area contributed by atoms with Crippen molar-refractivity contribution in [2.24, 2.45) is 0 Å². The van der Waals surface area contributed by atoms with Gasteiger partial charge in [-0.15, -0.1) is 0 Å². The van der Waals surface area contributed by atoms with E-state index >= 15 is 0 Å². The minimum atomic E-state index is -3.45. The monoisotopic (exact) mass is 358 g/mol. The van der Waals surface area contributed by atoms with Crippen molar-refractivity contribution in [3.63, 3.8) is 0 Å². The summed E-state index contributed by atoms with van der Waals surface area (Å²) in [5.41, 5.74) is 1.38. The fourth-order valence-electron chi connectivity index (χ4n) is 2.91. The molecule has 3 rings (SSSR count). The number of piperidine rings is 1. The lowest BCUT2D eigenvalue weighted by atomic mass is 10.1. The van der Waals surface area contributed by atoms with Crippen molar-refractivity contribution in [3.05, 3.63) is 60.2 Å². The molecule has 0 bridgehead atoms. The average Bonchev–Trinajstić information content (AvgIpc) is 2.68. The Morgan fingerprint density at radius 3 is 2.20 bits per heavy atom. The van der Waals surface area contributed by atoms with Gasteiger partial charge in [0.1, 0.15) is 0 Å². The van der Waals surface area contributed by atoms with Gasteiger partial charge in [0, 0.05) is 24.3 Å². The molecule has 5 nitrogen and oxygen atoms in total. The second-order valence-corrected chi connectivity index (χ2v) is 8.07. The van der Waals surface area contributed by atoms with Crippen LogP contribution in [-0.2, 0) is 10.0 Å². The van der Waals surface area contributed by atoms with E-state index in [-0.39, 0.29) is 17.2 Å². The molecule has 132 valence electrons. The minimum Gasteiger partial charge on any atom is -0.378 e. The van der Waals surface area contributed by atoms with E-state index in [9.17, 15) is 13.2 Å².